The van der Waals surface area contributed by atoms with Gasteiger partial charge in [0, 0.05) is 18.8 Å². The number of esters is 1. The van der Waals surface area contributed by atoms with Gasteiger partial charge in [-0.1, -0.05) is 12.1 Å². The van der Waals surface area contributed by atoms with Crippen molar-refractivity contribution in [2.45, 2.75) is 17.1 Å². The van der Waals surface area contributed by atoms with E-state index in [1.165, 1.54) is 28.8 Å². The molecular formula is C18H20N2O5S2. The summed E-state index contributed by atoms with van der Waals surface area (Å²) in [4.78, 5) is 24.2. The van der Waals surface area contributed by atoms with Crippen molar-refractivity contribution in [2.24, 2.45) is 5.92 Å². The number of carbonyl (C=O) groups excluding carboxylic acids is 2. The van der Waals surface area contributed by atoms with Gasteiger partial charge in [0.1, 0.15) is 4.21 Å². The zero-order chi connectivity index (χ0) is 19.4. The molecule has 1 N–H and O–H groups in total. The normalized spacial score (nSPS) is 18.0. The SMILES string of the molecule is COC(=O)c1cccc(NC(=O)[C@H]2CCCN(S(=O)(=O)c3cccs3)C2)c1. The number of amides is 1. The Morgan fingerprint density at radius 2 is 2.07 bits per heavy atom. The third kappa shape index (κ3) is 4.37. The molecule has 0 saturated carbocycles. The minimum absolute atomic E-state index is 0.142. The zero-order valence-electron chi connectivity index (χ0n) is 14.8. The molecule has 0 unspecified atom stereocenters. The van der Waals surface area contributed by atoms with Crippen LogP contribution in [0.4, 0.5) is 5.69 Å². The maximum Gasteiger partial charge on any atom is 0.337 e. The highest BCUT2D eigenvalue weighted by Gasteiger charge is 2.33. The standard InChI is InChI=1S/C18H20N2O5S2/c1-25-18(22)13-5-2-7-15(11-13)19-17(21)14-6-3-9-20(12-14)27(23,24)16-8-4-10-26-16/h2,4-5,7-8,10-11,14H,3,6,9,12H2,1H3,(H,19,21)/t14-/m0/s1. The van der Waals surface area contributed by atoms with Crippen LogP contribution in [0.3, 0.4) is 0 Å². The van der Waals surface area contributed by atoms with Crippen molar-refractivity contribution in [1.82, 2.24) is 4.31 Å². The summed E-state index contributed by atoms with van der Waals surface area (Å²) < 4.78 is 31.7. The first-order chi connectivity index (χ1) is 12.9. The Balaban J connectivity index is 1.70. The number of thiophene rings is 1. The number of hydrogen-bond donors (Lipinski definition) is 1. The number of ether oxygens (including phenoxy) is 1. The summed E-state index contributed by atoms with van der Waals surface area (Å²) in [6, 6.07) is 9.72. The summed E-state index contributed by atoms with van der Waals surface area (Å²) in [6.07, 6.45) is 1.23. The fourth-order valence-corrected chi connectivity index (χ4v) is 5.67. The van der Waals surface area contributed by atoms with Crippen molar-refractivity contribution in [3.63, 3.8) is 0 Å². The van der Waals surface area contributed by atoms with E-state index in [1.807, 2.05) is 0 Å². The van der Waals surface area contributed by atoms with Gasteiger partial charge in [-0.15, -0.1) is 11.3 Å². The molecule has 1 amide bonds. The summed E-state index contributed by atoms with van der Waals surface area (Å²) in [5, 5.41) is 4.49. The van der Waals surface area contributed by atoms with Crippen LogP contribution >= 0.6 is 11.3 Å². The highest BCUT2D eigenvalue weighted by molar-refractivity contribution is 7.91. The molecule has 2 heterocycles. The maximum atomic E-state index is 12.7. The van der Waals surface area contributed by atoms with Crippen molar-refractivity contribution in [2.75, 3.05) is 25.5 Å². The van der Waals surface area contributed by atoms with Crippen LogP contribution in [0.1, 0.15) is 23.2 Å². The smallest absolute Gasteiger partial charge is 0.337 e. The Morgan fingerprint density at radius 1 is 1.26 bits per heavy atom. The third-order valence-electron chi connectivity index (χ3n) is 4.40. The number of benzene rings is 1. The average Bonchev–Trinajstić information content (AvgIpc) is 3.23. The van der Waals surface area contributed by atoms with Crippen LogP contribution in [0.15, 0.2) is 46.0 Å². The molecule has 0 bridgehead atoms. The predicted molar refractivity (Wildman–Crippen MR) is 102 cm³/mol. The van der Waals surface area contributed by atoms with Gasteiger partial charge in [-0.25, -0.2) is 13.2 Å². The van der Waals surface area contributed by atoms with Crippen LogP contribution in [0.5, 0.6) is 0 Å². The van der Waals surface area contributed by atoms with E-state index in [4.69, 9.17) is 0 Å². The van der Waals surface area contributed by atoms with Crippen molar-refractivity contribution >= 4 is 38.9 Å². The van der Waals surface area contributed by atoms with Crippen LogP contribution in [0.2, 0.25) is 0 Å². The summed E-state index contributed by atoms with van der Waals surface area (Å²) >= 11 is 1.17. The lowest BCUT2D eigenvalue weighted by Gasteiger charge is -2.30. The van der Waals surface area contributed by atoms with Gasteiger partial charge < -0.3 is 10.1 Å². The van der Waals surface area contributed by atoms with E-state index in [-0.39, 0.29) is 16.7 Å². The highest BCUT2D eigenvalue weighted by atomic mass is 32.2. The number of anilines is 1. The predicted octanol–water partition coefficient (Wildman–Crippen LogP) is 2.57. The molecule has 1 aromatic heterocycles. The van der Waals surface area contributed by atoms with E-state index in [0.717, 1.165) is 0 Å². The van der Waals surface area contributed by atoms with Crippen molar-refractivity contribution in [3.8, 4) is 0 Å². The third-order valence-corrected chi connectivity index (χ3v) is 7.63. The number of sulfonamides is 1. The van der Waals surface area contributed by atoms with E-state index in [1.54, 1.807) is 35.7 Å². The number of nitrogens with zero attached hydrogens (tertiary/aromatic N) is 1. The molecule has 3 rings (SSSR count). The molecule has 2 aromatic rings. The van der Waals surface area contributed by atoms with Gasteiger partial charge in [0.2, 0.25) is 5.91 Å². The second kappa shape index (κ2) is 8.20. The molecule has 9 heteroatoms. The summed E-state index contributed by atoms with van der Waals surface area (Å²) in [5.41, 5.74) is 0.807. The van der Waals surface area contributed by atoms with Gasteiger partial charge in [0.05, 0.1) is 18.6 Å². The van der Waals surface area contributed by atoms with E-state index in [0.29, 0.717) is 30.6 Å². The van der Waals surface area contributed by atoms with Crippen molar-refractivity contribution in [1.29, 1.82) is 0 Å². The Morgan fingerprint density at radius 3 is 2.78 bits per heavy atom. The summed E-state index contributed by atoms with van der Waals surface area (Å²) in [5.74, 6) is -1.20. The molecule has 1 fully saturated rings. The van der Waals surface area contributed by atoms with Gasteiger partial charge in [-0.2, -0.15) is 4.31 Å². The quantitative estimate of drug-likeness (QED) is 0.768. The highest BCUT2D eigenvalue weighted by Crippen LogP contribution is 2.27. The molecule has 1 aliphatic rings. The van der Waals surface area contributed by atoms with Crippen LogP contribution in [-0.2, 0) is 19.6 Å². The summed E-state index contributed by atoms with van der Waals surface area (Å²) in [6.45, 7) is 0.546. The van der Waals surface area contributed by atoms with Gasteiger partial charge >= 0.3 is 5.97 Å². The maximum absolute atomic E-state index is 12.7. The molecule has 1 saturated heterocycles. The molecule has 7 nitrogen and oxygen atoms in total. The summed E-state index contributed by atoms with van der Waals surface area (Å²) in [7, 11) is -2.28. The fraction of sp³-hybridized carbons (Fsp3) is 0.333. The van der Waals surface area contributed by atoms with Crippen LogP contribution in [-0.4, -0.2) is 44.8 Å². The largest absolute Gasteiger partial charge is 0.465 e. The number of rotatable bonds is 5. The zero-order valence-corrected chi connectivity index (χ0v) is 16.4. The number of carbonyl (C=O) groups is 2. The molecule has 0 spiro atoms. The molecule has 0 aliphatic carbocycles. The Bertz CT molecular complexity index is 925. The van der Waals surface area contributed by atoms with E-state index in [9.17, 15) is 18.0 Å². The first-order valence-electron chi connectivity index (χ1n) is 8.44. The average molecular weight is 409 g/mol. The van der Waals surface area contributed by atoms with Crippen molar-refractivity contribution < 1.29 is 22.7 Å². The number of piperidine rings is 1. The van der Waals surface area contributed by atoms with Crippen LogP contribution in [0, 0.1) is 5.92 Å². The molecule has 1 aliphatic heterocycles. The Kier molecular flexibility index (Phi) is 5.93. The minimum atomic E-state index is -3.57. The van der Waals surface area contributed by atoms with E-state index >= 15 is 0 Å². The number of hydrogen-bond acceptors (Lipinski definition) is 6. The Hall–Kier alpha value is -2.23. The van der Waals surface area contributed by atoms with E-state index < -0.39 is 21.9 Å². The lowest BCUT2D eigenvalue weighted by molar-refractivity contribution is -0.120. The monoisotopic (exact) mass is 408 g/mol. The van der Waals surface area contributed by atoms with Gasteiger partial charge in [-0.3, -0.25) is 4.79 Å². The second-order valence-corrected chi connectivity index (χ2v) is 9.31. The minimum Gasteiger partial charge on any atom is -0.465 e. The molecule has 144 valence electrons. The molecular weight excluding hydrogens is 388 g/mol. The topological polar surface area (TPSA) is 92.8 Å². The first-order valence-corrected chi connectivity index (χ1v) is 10.8. The Labute approximate surface area is 162 Å². The lowest BCUT2D eigenvalue weighted by atomic mass is 9.98. The molecule has 1 atom stereocenters. The van der Waals surface area contributed by atoms with E-state index in [2.05, 4.69) is 10.1 Å². The van der Waals surface area contributed by atoms with Crippen molar-refractivity contribution in [3.05, 3.63) is 47.3 Å². The lowest BCUT2D eigenvalue weighted by Crippen LogP contribution is -2.43. The molecule has 0 radical (unpaired) electrons. The van der Waals surface area contributed by atoms with Gasteiger partial charge in [0.25, 0.3) is 10.0 Å². The fourth-order valence-electron chi connectivity index (χ4n) is 3.00. The number of nitrogens with one attached hydrogen (secondary N) is 1. The van der Waals surface area contributed by atoms with Gasteiger partial charge in [-0.05, 0) is 42.5 Å². The molecule has 1 aromatic carbocycles. The van der Waals surface area contributed by atoms with Gasteiger partial charge in [0.15, 0.2) is 0 Å². The van der Waals surface area contributed by atoms with Crippen LogP contribution < -0.4 is 5.32 Å². The first kappa shape index (κ1) is 19.5. The molecule has 27 heavy (non-hydrogen) atoms. The number of methoxy groups -OCH3 is 1. The second-order valence-electron chi connectivity index (χ2n) is 6.20. The van der Waals surface area contributed by atoms with Crippen LogP contribution in [0.25, 0.3) is 0 Å².